The lowest BCUT2D eigenvalue weighted by Gasteiger charge is -2.17. The van der Waals surface area contributed by atoms with Gasteiger partial charge in [-0.05, 0) is 44.5 Å². The fraction of sp³-hybridized carbons (Fsp3) is 0.400. The van der Waals surface area contributed by atoms with Gasteiger partial charge in [-0.15, -0.1) is 0 Å². The Hall–Kier alpha value is -2.44. The van der Waals surface area contributed by atoms with Crippen molar-refractivity contribution >= 4 is 11.8 Å². The van der Waals surface area contributed by atoms with E-state index in [0.29, 0.717) is 23.3 Å². The molecule has 2 aromatic rings. The van der Waals surface area contributed by atoms with Gasteiger partial charge in [0.15, 0.2) is 6.61 Å². The number of aliphatic hydroxyl groups is 1. The summed E-state index contributed by atoms with van der Waals surface area (Å²) in [6.45, 7) is 5.97. The molecule has 2 rings (SSSR count). The molecule has 26 heavy (non-hydrogen) atoms. The van der Waals surface area contributed by atoms with Gasteiger partial charge in [0, 0.05) is 24.1 Å². The molecule has 0 spiro atoms. The van der Waals surface area contributed by atoms with Gasteiger partial charge < -0.3 is 19.1 Å². The molecular weight excluding hydrogens is 334 g/mol. The number of Topliss-reactive ketones (excluding diaryl/α,β-unsaturated/α-hetero) is 1. The molecule has 0 saturated carbocycles. The summed E-state index contributed by atoms with van der Waals surface area (Å²) < 4.78 is 12.4. The molecular formula is C20H25NO5. The van der Waals surface area contributed by atoms with Crippen LogP contribution in [0, 0.1) is 13.8 Å². The monoisotopic (exact) mass is 359 g/mol. The van der Waals surface area contributed by atoms with Gasteiger partial charge in [-0.2, -0.15) is 0 Å². The van der Waals surface area contributed by atoms with Crippen molar-refractivity contribution < 1.29 is 24.2 Å². The minimum atomic E-state index is -0.565. The number of aromatic nitrogens is 1. The van der Waals surface area contributed by atoms with Gasteiger partial charge in [-0.1, -0.05) is 12.1 Å². The van der Waals surface area contributed by atoms with Gasteiger partial charge in [0.2, 0.25) is 5.78 Å². The first-order valence-corrected chi connectivity index (χ1v) is 8.46. The van der Waals surface area contributed by atoms with Crippen molar-refractivity contribution in [2.75, 3.05) is 20.3 Å². The third-order valence-electron chi connectivity index (χ3n) is 4.34. The number of aryl methyl sites for hydroxylation is 1. The number of hydrogen-bond acceptors (Lipinski definition) is 5. The van der Waals surface area contributed by atoms with Crippen LogP contribution in [0.2, 0.25) is 0 Å². The van der Waals surface area contributed by atoms with Crippen molar-refractivity contribution in [2.45, 2.75) is 33.4 Å². The van der Waals surface area contributed by atoms with Crippen molar-refractivity contribution in [3.8, 4) is 0 Å². The number of aliphatic hydroxyl groups excluding tert-OH is 1. The number of rotatable bonds is 8. The number of benzene rings is 1. The number of ether oxygens (including phenoxy) is 2. The zero-order chi connectivity index (χ0) is 19.3. The van der Waals surface area contributed by atoms with Crippen LogP contribution in [0.4, 0.5) is 0 Å². The van der Waals surface area contributed by atoms with Crippen LogP contribution in [-0.2, 0) is 16.1 Å². The maximum absolute atomic E-state index is 12.5. The van der Waals surface area contributed by atoms with E-state index in [1.54, 1.807) is 31.4 Å². The lowest BCUT2D eigenvalue weighted by Crippen LogP contribution is -2.17. The van der Waals surface area contributed by atoms with Crippen molar-refractivity contribution in [1.82, 2.24) is 4.57 Å². The molecule has 6 nitrogen and oxygen atoms in total. The lowest BCUT2D eigenvalue weighted by molar-refractivity contribution is 0.0474. The quantitative estimate of drug-likeness (QED) is 0.579. The zero-order valence-corrected chi connectivity index (χ0v) is 15.6. The van der Waals surface area contributed by atoms with Crippen molar-refractivity contribution in [2.24, 2.45) is 0 Å². The summed E-state index contributed by atoms with van der Waals surface area (Å²) in [6.07, 6.45) is 0. The molecule has 6 heteroatoms. The Bertz CT molecular complexity index is 776. The fourth-order valence-electron chi connectivity index (χ4n) is 3.09. The van der Waals surface area contributed by atoms with E-state index in [1.807, 2.05) is 31.4 Å². The zero-order valence-electron chi connectivity index (χ0n) is 15.6. The second-order valence-electron chi connectivity index (χ2n) is 6.31. The Balaban J connectivity index is 2.05. The normalized spacial score (nSPS) is 12.0. The summed E-state index contributed by atoms with van der Waals surface area (Å²) >= 11 is 0. The summed E-state index contributed by atoms with van der Waals surface area (Å²) in [7, 11) is 1.64. The molecule has 0 aliphatic heterocycles. The molecule has 0 radical (unpaired) electrons. The van der Waals surface area contributed by atoms with Crippen LogP contribution in [0.5, 0.6) is 0 Å². The first-order valence-electron chi connectivity index (χ1n) is 8.46. The largest absolute Gasteiger partial charge is 0.454 e. The molecule has 1 heterocycles. The summed E-state index contributed by atoms with van der Waals surface area (Å²) in [5.41, 5.74) is 3.39. The van der Waals surface area contributed by atoms with Crippen LogP contribution < -0.4 is 0 Å². The Morgan fingerprint density at radius 1 is 1.19 bits per heavy atom. The van der Waals surface area contributed by atoms with Crippen LogP contribution in [0.15, 0.2) is 30.3 Å². The topological polar surface area (TPSA) is 77.8 Å². The number of ketones is 1. The van der Waals surface area contributed by atoms with Crippen LogP contribution in [0.3, 0.4) is 0 Å². The predicted octanol–water partition coefficient (Wildman–Crippen LogP) is 2.84. The molecule has 1 atom stereocenters. The summed E-state index contributed by atoms with van der Waals surface area (Å²) in [4.78, 5) is 24.6. The van der Waals surface area contributed by atoms with Crippen molar-refractivity contribution in [3.05, 3.63) is 58.4 Å². The fourth-order valence-corrected chi connectivity index (χ4v) is 3.09. The molecule has 0 bridgehead atoms. The number of esters is 1. The van der Waals surface area contributed by atoms with E-state index < -0.39 is 5.97 Å². The minimum absolute atomic E-state index is 0.0923. The predicted molar refractivity (Wildman–Crippen MR) is 97.5 cm³/mol. The molecule has 0 aliphatic rings. The summed E-state index contributed by atoms with van der Waals surface area (Å²) in [5, 5.41) is 9.02. The van der Waals surface area contributed by atoms with Gasteiger partial charge in [0.05, 0.1) is 24.8 Å². The van der Waals surface area contributed by atoms with Gasteiger partial charge in [-0.3, -0.25) is 4.79 Å². The third-order valence-corrected chi connectivity index (χ3v) is 4.34. The van der Waals surface area contributed by atoms with Gasteiger partial charge in [0.1, 0.15) is 0 Å². The van der Waals surface area contributed by atoms with Crippen molar-refractivity contribution in [1.29, 1.82) is 0 Å². The Labute approximate surface area is 153 Å². The number of carbonyl (C=O) groups is 2. The Kier molecular flexibility index (Phi) is 6.71. The second-order valence-corrected chi connectivity index (χ2v) is 6.31. The Morgan fingerprint density at radius 3 is 2.42 bits per heavy atom. The van der Waals surface area contributed by atoms with E-state index in [9.17, 15) is 9.59 Å². The van der Waals surface area contributed by atoms with Crippen LogP contribution in [-0.4, -0.2) is 41.7 Å². The SMILES string of the molecule is COC[C@@H](C)n1c(C)cc(C(=O)COC(=O)c2ccc(CO)cc2)c1C. The smallest absolute Gasteiger partial charge is 0.338 e. The summed E-state index contributed by atoms with van der Waals surface area (Å²) in [5.74, 6) is -0.807. The molecule has 140 valence electrons. The number of hydrogen-bond donors (Lipinski definition) is 1. The summed E-state index contributed by atoms with van der Waals surface area (Å²) in [6, 6.07) is 8.34. The third kappa shape index (κ3) is 4.39. The van der Waals surface area contributed by atoms with Crippen LogP contribution in [0.25, 0.3) is 0 Å². The highest BCUT2D eigenvalue weighted by molar-refractivity contribution is 6.00. The molecule has 1 aromatic heterocycles. The van der Waals surface area contributed by atoms with Crippen LogP contribution >= 0.6 is 0 Å². The van der Waals surface area contributed by atoms with E-state index in [4.69, 9.17) is 14.6 Å². The van der Waals surface area contributed by atoms with Crippen molar-refractivity contribution in [3.63, 3.8) is 0 Å². The minimum Gasteiger partial charge on any atom is -0.454 e. The van der Waals surface area contributed by atoms with Gasteiger partial charge in [-0.25, -0.2) is 4.79 Å². The molecule has 0 unspecified atom stereocenters. The van der Waals surface area contributed by atoms with E-state index in [1.165, 1.54) is 0 Å². The molecule has 0 fully saturated rings. The molecule has 0 saturated heterocycles. The second kappa shape index (κ2) is 8.78. The van der Waals surface area contributed by atoms with E-state index in [2.05, 4.69) is 0 Å². The number of nitrogens with zero attached hydrogens (tertiary/aromatic N) is 1. The molecule has 1 N–H and O–H groups in total. The number of methoxy groups -OCH3 is 1. The van der Waals surface area contributed by atoms with E-state index >= 15 is 0 Å². The van der Waals surface area contributed by atoms with E-state index in [0.717, 1.165) is 11.4 Å². The van der Waals surface area contributed by atoms with Gasteiger partial charge >= 0.3 is 5.97 Å². The van der Waals surface area contributed by atoms with E-state index in [-0.39, 0.29) is 25.0 Å². The average molecular weight is 359 g/mol. The van der Waals surface area contributed by atoms with Gasteiger partial charge in [0.25, 0.3) is 0 Å². The molecule has 0 aliphatic carbocycles. The average Bonchev–Trinajstić information content (AvgIpc) is 2.94. The highest BCUT2D eigenvalue weighted by Crippen LogP contribution is 2.21. The molecule has 0 amide bonds. The molecule has 1 aromatic carbocycles. The number of carbonyl (C=O) groups excluding carboxylic acids is 2. The highest BCUT2D eigenvalue weighted by atomic mass is 16.5. The maximum Gasteiger partial charge on any atom is 0.338 e. The maximum atomic E-state index is 12.5. The first kappa shape index (κ1) is 19.9. The standard InChI is InChI=1S/C20H25NO5/c1-13-9-18(15(3)21(13)14(2)11-25-4)19(23)12-26-20(24)17-7-5-16(10-22)6-8-17/h5-9,14,22H,10-12H2,1-4H3/t14-/m1/s1. The first-order chi connectivity index (χ1) is 12.4. The van der Waals surface area contributed by atoms with Crippen LogP contribution in [0.1, 0.15) is 50.6 Å². The highest BCUT2D eigenvalue weighted by Gasteiger charge is 2.20. The lowest BCUT2D eigenvalue weighted by atomic mass is 10.1. The Morgan fingerprint density at radius 2 is 1.85 bits per heavy atom.